The Hall–Kier alpha value is -3.53. The van der Waals surface area contributed by atoms with E-state index in [9.17, 15) is 9.59 Å². The quantitative estimate of drug-likeness (QED) is 0.523. The number of furan rings is 1. The Morgan fingerprint density at radius 1 is 1.24 bits per heavy atom. The van der Waals surface area contributed by atoms with Crippen molar-refractivity contribution in [3.05, 3.63) is 52.5 Å². The van der Waals surface area contributed by atoms with Gasteiger partial charge in [-0.2, -0.15) is 5.10 Å². The summed E-state index contributed by atoms with van der Waals surface area (Å²) in [4.78, 5) is 32.5. The van der Waals surface area contributed by atoms with Crippen LogP contribution in [-0.4, -0.2) is 31.4 Å². The first-order valence-electron chi connectivity index (χ1n) is 8.83. The highest BCUT2D eigenvalue weighted by atomic mass is 32.1. The summed E-state index contributed by atoms with van der Waals surface area (Å²) in [6.45, 7) is 5.54. The van der Waals surface area contributed by atoms with Crippen molar-refractivity contribution < 1.29 is 14.0 Å². The van der Waals surface area contributed by atoms with Gasteiger partial charge in [0.05, 0.1) is 12.7 Å². The molecule has 4 rings (SSSR count). The van der Waals surface area contributed by atoms with Crippen molar-refractivity contribution in [2.45, 2.75) is 27.3 Å². The normalized spacial score (nSPS) is 11.0. The van der Waals surface area contributed by atoms with Gasteiger partial charge >= 0.3 is 0 Å². The highest BCUT2D eigenvalue weighted by Crippen LogP contribution is 2.27. The van der Waals surface area contributed by atoms with Gasteiger partial charge in [0.15, 0.2) is 16.5 Å². The van der Waals surface area contributed by atoms with Gasteiger partial charge in [-0.05, 0) is 32.0 Å². The molecule has 0 saturated heterocycles. The molecule has 0 aliphatic heterocycles. The number of nitrogens with one attached hydrogen (secondary N) is 2. The number of fused-ring (bicyclic) bond motifs is 1. The molecule has 0 spiro atoms. The van der Waals surface area contributed by atoms with Gasteiger partial charge in [-0.15, -0.1) is 11.3 Å². The molecule has 0 radical (unpaired) electrons. The molecule has 4 aromatic rings. The zero-order chi connectivity index (χ0) is 20.5. The molecule has 0 bridgehead atoms. The number of hydrogen-bond acceptors (Lipinski definition) is 7. The highest BCUT2D eigenvalue weighted by molar-refractivity contribution is 7.14. The van der Waals surface area contributed by atoms with Gasteiger partial charge in [0.2, 0.25) is 5.91 Å². The molecule has 0 aromatic carbocycles. The van der Waals surface area contributed by atoms with Crippen LogP contribution < -0.4 is 10.6 Å². The number of hydrogen-bond donors (Lipinski definition) is 2. The molecule has 4 heterocycles. The lowest BCUT2D eigenvalue weighted by atomic mass is 10.3. The highest BCUT2D eigenvalue weighted by Gasteiger charge is 2.18. The van der Waals surface area contributed by atoms with Crippen LogP contribution in [0.15, 0.2) is 34.2 Å². The van der Waals surface area contributed by atoms with Gasteiger partial charge in [0.25, 0.3) is 5.91 Å². The Balaban J connectivity index is 1.51. The average Bonchev–Trinajstić information content (AvgIpc) is 3.38. The molecular formula is C19H18N6O3S. The zero-order valence-corrected chi connectivity index (χ0v) is 16.8. The van der Waals surface area contributed by atoms with E-state index >= 15 is 0 Å². The van der Waals surface area contributed by atoms with Gasteiger partial charge in [0.1, 0.15) is 17.0 Å². The van der Waals surface area contributed by atoms with E-state index in [4.69, 9.17) is 4.42 Å². The van der Waals surface area contributed by atoms with Crippen LogP contribution in [0.5, 0.6) is 0 Å². The lowest BCUT2D eigenvalue weighted by Gasteiger charge is -2.02. The van der Waals surface area contributed by atoms with E-state index in [-0.39, 0.29) is 11.8 Å². The van der Waals surface area contributed by atoms with Crippen LogP contribution in [0.3, 0.4) is 0 Å². The minimum absolute atomic E-state index is 0.130. The number of aromatic nitrogens is 4. The van der Waals surface area contributed by atoms with Crippen LogP contribution in [0.2, 0.25) is 0 Å². The molecule has 0 unspecified atom stereocenters. The van der Waals surface area contributed by atoms with E-state index in [0.717, 1.165) is 11.4 Å². The Morgan fingerprint density at radius 3 is 2.86 bits per heavy atom. The van der Waals surface area contributed by atoms with Gasteiger partial charge in [-0.25, -0.2) is 14.5 Å². The molecule has 148 valence electrons. The molecule has 2 N–H and O–H groups in total. The topological polar surface area (TPSA) is 114 Å². The largest absolute Gasteiger partial charge is 0.458 e. The Morgan fingerprint density at radius 2 is 2.07 bits per heavy atom. The average molecular weight is 410 g/mol. The predicted molar refractivity (Wildman–Crippen MR) is 108 cm³/mol. The smallest absolute Gasteiger partial charge is 0.262 e. The summed E-state index contributed by atoms with van der Waals surface area (Å²) in [5, 5.41) is 11.9. The van der Waals surface area contributed by atoms with E-state index in [2.05, 4.69) is 25.7 Å². The first-order chi connectivity index (χ1) is 13.9. The maximum Gasteiger partial charge on any atom is 0.262 e. The van der Waals surface area contributed by atoms with Gasteiger partial charge in [-0.3, -0.25) is 14.9 Å². The van der Waals surface area contributed by atoms with Crippen LogP contribution in [0.25, 0.3) is 17.1 Å². The van der Waals surface area contributed by atoms with E-state index < -0.39 is 0 Å². The number of anilines is 1. The second-order valence-corrected chi connectivity index (χ2v) is 7.36. The van der Waals surface area contributed by atoms with E-state index in [1.807, 2.05) is 19.9 Å². The fourth-order valence-electron chi connectivity index (χ4n) is 2.86. The zero-order valence-electron chi connectivity index (χ0n) is 16.0. The monoisotopic (exact) mass is 410 g/mol. The third kappa shape index (κ3) is 3.87. The predicted octanol–water partition coefficient (Wildman–Crippen LogP) is 2.95. The molecule has 0 aliphatic rings. The van der Waals surface area contributed by atoms with Crippen molar-refractivity contribution in [1.82, 2.24) is 24.9 Å². The summed E-state index contributed by atoms with van der Waals surface area (Å²) in [5.74, 6) is 0.723. The van der Waals surface area contributed by atoms with Crippen molar-refractivity contribution in [2.24, 2.45) is 0 Å². The van der Waals surface area contributed by atoms with Crippen LogP contribution >= 0.6 is 11.3 Å². The lowest BCUT2D eigenvalue weighted by Crippen LogP contribution is -2.18. The van der Waals surface area contributed by atoms with E-state index in [1.54, 1.807) is 22.0 Å². The Labute approximate surface area is 169 Å². The summed E-state index contributed by atoms with van der Waals surface area (Å²) >= 11 is 1.29. The summed E-state index contributed by atoms with van der Waals surface area (Å²) in [7, 11) is 0. The molecule has 29 heavy (non-hydrogen) atoms. The van der Waals surface area contributed by atoms with Gasteiger partial charge in [0, 0.05) is 23.7 Å². The third-order valence-electron chi connectivity index (χ3n) is 4.17. The minimum atomic E-state index is -0.329. The standard InChI is InChI=1S/C19H18N6O3S/c1-10-6-11(2)25-17(22-10)14(8-21-25)18(27)24-19-23-15(9-29-19)16-5-4-13(28-16)7-20-12(3)26/h4-6,8-9H,7H2,1-3H3,(H,20,26)(H,23,24,27). The fraction of sp³-hybridized carbons (Fsp3) is 0.211. The third-order valence-corrected chi connectivity index (χ3v) is 4.93. The number of carbonyl (C=O) groups excluding carboxylic acids is 2. The number of carbonyl (C=O) groups is 2. The van der Waals surface area contributed by atoms with Crippen molar-refractivity contribution >= 4 is 33.9 Å². The second kappa shape index (κ2) is 7.47. The maximum atomic E-state index is 12.7. The Bertz CT molecular complexity index is 1220. The SMILES string of the molecule is CC(=O)NCc1ccc(-c2csc(NC(=O)c3cnn4c(C)cc(C)nc34)n2)o1. The van der Waals surface area contributed by atoms with Crippen molar-refractivity contribution in [1.29, 1.82) is 0 Å². The summed E-state index contributed by atoms with van der Waals surface area (Å²) in [6, 6.07) is 5.45. The summed E-state index contributed by atoms with van der Waals surface area (Å²) in [5.41, 5.74) is 3.20. The molecule has 0 atom stereocenters. The number of aryl methyl sites for hydroxylation is 2. The van der Waals surface area contributed by atoms with Crippen LogP contribution in [0.4, 0.5) is 5.13 Å². The molecule has 0 aliphatic carbocycles. The molecule has 0 fully saturated rings. The first-order valence-corrected chi connectivity index (χ1v) is 9.71. The molecular weight excluding hydrogens is 392 g/mol. The molecule has 0 saturated carbocycles. The van der Waals surface area contributed by atoms with Crippen molar-refractivity contribution in [2.75, 3.05) is 5.32 Å². The van der Waals surface area contributed by atoms with E-state index in [0.29, 0.717) is 40.1 Å². The summed E-state index contributed by atoms with van der Waals surface area (Å²) < 4.78 is 7.32. The van der Waals surface area contributed by atoms with E-state index in [1.165, 1.54) is 24.5 Å². The van der Waals surface area contributed by atoms with Crippen LogP contribution in [0.1, 0.15) is 34.4 Å². The molecule has 9 nitrogen and oxygen atoms in total. The summed E-state index contributed by atoms with van der Waals surface area (Å²) in [6.07, 6.45) is 1.50. The van der Waals surface area contributed by atoms with Gasteiger partial charge < -0.3 is 9.73 Å². The van der Waals surface area contributed by atoms with Crippen LogP contribution in [0, 0.1) is 13.8 Å². The molecule has 10 heteroatoms. The van der Waals surface area contributed by atoms with Gasteiger partial charge in [-0.1, -0.05) is 0 Å². The molecule has 2 amide bonds. The molecule has 4 aromatic heterocycles. The van der Waals surface area contributed by atoms with Crippen LogP contribution in [-0.2, 0) is 11.3 Å². The Kier molecular flexibility index (Phi) is 4.85. The number of rotatable bonds is 5. The number of nitrogens with zero attached hydrogens (tertiary/aromatic N) is 4. The lowest BCUT2D eigenvalue weighted by molar-refractivity contribution is -0.119. The minimum Gasteiger partial charge on any atom is -0.458 e. The number of thiazole rings is 1. The van der Waals surface area contributed by atoms with Crippen molar-refractivity contribution in [3.63, 3.8) is 0 Å². The second-order valence-electron chi connectivity index (χ2n) is 6.50. The first kappa shape index (κ1) is 18.8. The fourth-order valence-corrected chi connectivity index (χ4v) is 3.56. The number of amides is 2. The maximum absolute atomic E-state index is 12.7. The van der Waals surface area contributed by atoms with Crippen molar-refractivity contribution in [3.8, 4) is 11.5 Å².